The molecule has 4 nitrogen and oxygen atoms in total. The number of hydrogen-bond donors (Lipinski definition) is 1. The van der Waals surface area contributed by atoms with E-state index in [-0.39, 0.29) is 11.7 Å². The Bertz CT molecular complexity index is 645. The van der Waals surface area contributed by atoms with Crippen LogP contribution in [0.1, 0.15) is 17.7 Å². The summed E-state index contributed by atoms with van der Waals surface area (Å²) in [6.45, 7) is 3.25. The standard InChI is InChI=1S/C16H17BrFN3O/c1-12-15(17)11-21(20-12)10-2-9-19-16(22)8-5-13-3-6-14(18)7-4-13/h3-8,11H,2,9-10H2,1H3,(H,19,22)/b8-5+. The predicted molar refractivity (Wildman–Crippen MR) is 87.7 cm³/mol. The lowest BCUT2D eigenvalue weighted by atomic mass is 10.2. The van der Waals surface area contributed by atoms with Crippen molar-refractivity contribution in [3.8, 4) is 0 Å². The number of aryl methyl sites for hydroxylation is 2. The van der Waals surface area contributed by atoms with Crippen LogP contribution in [0.25, 0.3) is 6.08 Å². The number of hydrogen-bond acceptors (Lipinski definition) is 2. The number of carbonyl (C=O) groups is 1. The van der Waals surface area contributed by atoms with Gasteiger partial charge < -0.3 is 5.32 Å². The Morgan fingerprint density at radius 3 is 2.77 bits per heavy atom. The largest absolute Gasteiger partial charge is 0.352 e. The van der Waals surface area contributed by atoms with Crippen molar-refractivity contribution in [2.24, 2.45) is 0 Å². The molecule has 0 aliphatic heterocycles. The number of benzene rings is 1. The second kappa shape index (κ2) is 7.89. The van der Waals surface area contributed by atoms with Crippen LogP contribution in [-0.4, -0.2) is 22.2 Å². The summed E-state index contributed by atoms with van der Waals surface area (Å²) in [4.78, 5) is 11.7. The van der Waals surface area contributed by atoms with E-state index in [2.05, 4.69) is 26.3 Å². The average molecular weight is 366 g/mol. The Morgan fingerprint density at radius 1 is 1.41 bits per heavy atom. The maximum absolute atomic E-state index is 12.7. The first-order valence-electron chi connectivity index (χ1n) is 6.95. The molecule has 2 aromatic rings. The van der Waals surface area contributed by atoms with Crippen molar-refractivity contribution in [3.63, 3.8) is 0 Å². The summed E-state index contributed by atoms with van der Waals surface area (Å²) in [5, 5.41) is 7.13. The Labute approximate surface area is 137 Å². The maximum atomic E-state index is 12.7. The monoisotopic (exact) mass is 365 g/mol. The van der Waals surface area contributed by atoms with Gasteiger partial charge in [-0.2, -0.15) is 5.10 Å². The molecule has 0 fully saturated rings. The molecule has 0 saturated heterocycles. The van der Waals surface area contributed by atoms with Gasteiger partial charge in [0.2, 0.25) is 5.91 Å². The van der Waals surface area contributed by atoms with Gasteiger partial charge in [-0.1, -0.05) is 12.1 Å². The van der Waals surface area contributed by atoms with Crippen molar-refractivity contribution < 1.29 is 9.18 Å². The number of nitrogens with one attached hydrogen (secondary N) is 1. The maximum Gasteiger partial charge on any atom is 0.244 e. The lowest BCUT2D eigenvalue weighted by Crippen LogP contribution is -2.23. The topological polar surface area (TPSA) is 46.9 Å². The summed E-state index contributed by atoms with van der Waals surface area (Å²) < 4.78 is 15.6. The van der Waals surface area contributed by atoms with E-state index in [9.17, 15) is 9.18 Å². The quantitative estimate of drug-likeness (QED) is 0.630. The fraction of sp³-hybridized carbons (Fsp3) is 0.250. The first kappa shape index (κ1) is 16.4. The molecule has 0 bridgehead atoms. The molecule has 116 valence electrons. The van der Waals surface area contributed by atoms with E-state index in [4.69, 9.17) is 0 Å². The Morgan fingerprint density at radius 2 is 2.14 bits per heavy atom. The van der Waals surface area contributed by atoms with E-state index in [0.29, 0.717) is 6.54 Å². The van der Waals surface area contributed by atoms with Gasteiger partial charge in [-0.15, -0.1) is 0 Å². The van der Waals surface area contributed by atoms with Gasteiger partial charge in [-0.05, 0) is 53.0 Å². The van der Waals surface area contributed by atoms with Crippen molar-refractivity contribution in [2.75, 3.05) is 6.54 Å². The van der Waals surface area contributed by atoms with Gasteiger partial charge in [0.1, 0.15) is 5.82 Å². The van der Waals surface area contributed by atoms with Crippen LogP contribution in [0.5, 0.6) is 0 Å². The average Bonchev–Trinajstić information content (AvgIpc) is 2.82. The van der Waals surface area contributed by atoms with Crippen LogP contribution >= 0.6 is 15.9 Å². The van der Waals surface area contributed by atoms with E-state index < -0.39 is 0 Å². The van der Waals surface area contributed by atoms with Crippen LogP contribution in [0, 0.1) is 12.7 Å². The molecule has 1 N–H and O–H groups in total. The molecule has 0 saturated carbocycles. The van der Waals surface area contributed by atoms with Crippen LogP contribution in [0.2, 0.25) is 0 Å². The van der Waals surface area contributed by atoms with Crippen LogP contribution in [-0.2, 0) is 11.3 Å². The van der Waals surface area contributed by atoms with Crippen LogP contribution in [0.15, 0.2) is 41.0 Å². The SMILES string of the molecule is Cc1nn(CCCNC(=O)/C=C/c2ccc(F)cc2)cc1Br. The molecule has 0 radical (unpaired) electrons. The number of carbonyl (C=O) groups excluding carboxylic acids is 1. The van der Waals surface area contributed by atoms with Gasteiger partial charge in [0.05, 0.1) is 10.2 Å². The van der Waals surface area contributed by atoms with E-state index in [0.717, 1.165) is 28.7 Å². The third-order valence-electron chi connectivity index (χ3n) is 3.05. The van der Waals surface area contributed by atoms with E-state index in [1.54, 1.807) is 18.2 Å². The van der Waals surface area contributed by atoms with Gasteiger partial charge in [-0.3, -0.25) is 9.48 Å². The molecule has 1 aromatic heterocycles. The smallest absolute Gasteiger partial charge is 0.244 e. The molecular weight excluding hydrogens is 349 g/mol. The highest BCUT2D eigenvalue weighted by atomic mass is 79.9. The summed E-state index contributed by atoms with van der Waals surface area (Å²) in [6.07, 6.45) is 5.82. The highest BCUT2D eigenvalue weighted by Crippen LogP contribution is 2.13. The molecule has 0 aliphatic carbocycles. The summed E-state index contributed by atoms with van der Waals surface area (Å²) in [5.41, 5.74) is 1.74. The minimum Gasteiger partial charge on any atom is -0.352 e. The first-order chi connectivity index (χ1) is 10.5. The Kier molecular flexibility index (Phi) is 5.89. The van der Waals surface area contributed by atoms with Crippen molar-refractivity contribution >= 4 is 27.9 Å². The zero-order valence-electron chi connectivity index (χ0n) is 12.2. The number of halogens is 2. The summed E-state index contributed by atoms with van der Waals surface area (Å²) in [5.74, 6) is -0.454. The third-order valence-corrected chi connectivity index (χ3v) is 3.83. The Balaban J connectivity index is 1.70. The van der Waals surface area contributed by atoms with Crippen molar-refractivity contribution in [1.82, 2.24) is 15.1 Å². The molecule has 0 atom stereocenters. The van der Waals surface area contributed by atoms with Crippen molar-refractivity contribution in [1.29, 1.82) is 0 Å². The normalized spacial score (nSPS) is 11.0. The molecule has 0 spiro atoms. The number of rotatable bonds is 6. The van der Waals surface area contributed by atoms with Gasteiger partial charge in [0, 0.05) is 25.4 Å². The minimum absolute atomic E-state index is 0.165. The summed E-state index contributed by atoms with van der Waals surface area (Å²) >= 11 is 3.41. The van der Waals surface area contributed by atoms with Crippen LogP contribution in [0.4, 0.5) is 4.39 Å². The Hall–Kier alpha value is -1.95. The molecule has 22 heavy (non-hydrogen) atoms. The predicted octanol–water partition coefficient (Wildman–Crippen LogP) is 3.31. The van der Waals surface area contributed by atoms with Crippen LogP contribution < -0.4 is 5.32 Å². The minimum atomic E-state index is -0.290. The number of amides is 1. The number of aromatic nitrogens is 2. The summed E-state index contributed by atoms with van der Waals surface area (Å²) in [7, 11) is 0. The molecule has 0 aliphatic rings. The van der Waals surface area contributed by atoms with E-state index in [1.807, 2.05) is 17.8 Å². The molecular formula is C16H17BrFN3O. The fourth-order valence-corrected chi connectivity index (χ4v) is 2.18. The van der Waals surface area contributed by atoms with Crippen molar-refractivity contribution in [3.05, 3.63) is 58.1 Å². The zero-order valence-corrected chi connectivity index (χ0v) is 13.8. The van der Waals surface area contributed by atoms with Gasteiger partial charge in [-0.25, -0.2) is 4.39 Å². The molecule has 1 heterocycles. The highest BCUT2D eigenvalue weighted by molar-refractivity contribution is 9.10. The molecule has 0 unspecified atom stereocenters. The van der Waals surface area contributed by atoms with Gasteiger partial charge in [0.15, 0.2) is 0 Å². The lowest BCUT2D eigenvalue weighted by Gasteiger charge is -2.03. The number of nitrogens with zero attached hydrogens (tertiary/aromatic N) is 2. The second-order valence-electron chi connectivity index (χ2n) is 4.85. The molecule has 6 heteroatoms. The van der Waals surface area contributed by atoms with Crippen molar-refractivity contribution in [2.45, 2.75) is 19.9 Å². The highest BCUT2D eigenvalue weighted by Gasteiger charge is 2.01. The molecule has 1 aromatic carbocycles. The fourth-order valence-electron chi connectivity index (χ4n) is 1.87. The van der Waals surface area contributed by atoms with E-state index >= 15 is 0 Å². The second-order valence-corrected chi connectivity index (χ2v) is 5.71. The molecule has 2 rings (SSSR count). The molecule has 1 amide bonds. The van der Waals surface area contributed by atoms with Gasteiger partial charge >= 0.3 is 0 Å². The van der Waals surface area contributed by atoms with Crippen LogP contribution in [0.3, 0.4) is 0 Å². The zero-order chi connectivity index (χ0) is 15.9. The van der Waals surface area contributed by atoms with Gasteiger partial charge in [0.25, 0.3) is 0 Å². The summed E-state index contributed by atoms with van der Waals surface area (Å²) in [6, 6.07) is 5.97. The van der Waals surface area contributed by atoms with E-state index in [1.165, 1.54) is 18.2 Å². The first-order valence-corrected chi connectivity index (χ1v) is 7.75. The third kappa shape index (κ3) is 5.11. The lowest BCUT2D eigenvalue weighted by molar-refractivity contribution is -0.116.